The Morgan fingerprint density at radius 3 is 2.56 bits per heavy atom. The molecule has 0 spiro atoms. The number of pyridine rings is 1. The lowest BCUT2D eigenvalue weighted by Crippen LogP contribution is -2.29. The summed E-state index contributed by atoms with van der Waals surface area (Å²) in [4.78, 5) is 29.0. The first-order valence-electron chi connectivity index (χ1n) is 10.3. The summed E-state index contributed by atoms with van der Waals surface area (Å²) < 4.78 is 2.89. The molecule has 5 rings (SSSR count). The average Bonchev–Trinajstić information content (AvgIpc) is 3.22. The molecule has 2 aromatic carbocycles. The van der Waals surface area contributed by atoms with Gasteiger partial charge < -0.3 is 10.1 Å². The SMILES string of the molecule is Cc1cccc2c1n(-c1ccc(-c3cncc4c3CN(C)N4C)cc1)c(=O)n2CC(=O)O. The predicted molar refractivity (Wildman–Crippen MR) is 123 cm³/mol. The van der Waals surface area contributed by atoms with Gasteiger partial charge in [0.1, 0.15) is 6.54 Å². The van der Waals surface area contributed by atoms with Crippen LogP contribution < -0.4 is 10.7 Å². The van der Waals surface area contributed by atoms with Crippen molar-refractivity contribution < 1.29 is 9.90 Å². The molecule has 0 saturated carbocycles. The van der Waals surface area contributed by atoms with Crippen LogP contribution in [-0.4, -0.2) is 44.3 Å². The highest BCUT2D eigenvalue weighted by molar-refractivity contribution is 5.83. The minimum atomic E-state index is -1.05. The number of rotatable bonds is 4. The van der Waals surface area contributed by atoms with E-state index in [2.05, 4.69) is 15.0 Å². The molecule has 8 heteroatoms. The number of carboxylic acid groups (broad SMARTS) is 1. The summed E-state index contributed by atoms with van der Waals surface area (Å²) in [6, 6.07) is 13.3. The summed E-state index contributed by atoms with van der Waals surface area (Å²) in [5.74, 6) is -1.05. The van der Waals surface area contributed by atoms with E-state index in [4.69, 9.17) is 0 Å². The van der Waals surface area contributed by atoms with Gasteiger partial charge in [-0.05, 0) is 36.2 Å². The minimum absolute atomic E-state index is 0.366. The highest BCUT2D eigenvalue weighted by Crippen LogP contribution is 2.36. The van der Waals surface area contributed by atoms with E-state index in [9.17, 15) is 14.7 Å². The number of hydrazine groups is 1. The van der Waals surface area contributed by atoms with Crippen LogP contribution >= 0.6 is 0 Å². The molecule has 1 aliphatic heterocycles. The van der Waals surface area contributed by atoms with Gasteiger partial charge in [0.25, 0.3) is 0 Å². The number of hydrogen-bond donors (Lipinski definition) is 1. The van der Waals surface area contributed by atoms with Crippen molar-refractivity contribution in [2.45, 2.75) is 20.0 Å². The van der Waals surface area contributed by atoms with E-state index >= 15 is 0 Å². The molecular formula is C24H23N5O3. The van der Waals surface area contributed by atoms with Crippen LogP contribution in [0.2, 0.25) is 0 Å². The second kappa shape index (κ2) is 7.35. The molecule has 0 bridgehead atoms. The molecule has 3 heterocycles. The van der Waals surface area contributed by atoms with Crippen molar-refractivity contribution in [1.29, 1.82) is 0 Å². The first kappa shape index (κ1) is 20.0. The number of para-hydroxylation sites is 1. The van der Waals surface area contributed by atoms with E-state index < -0.39 is 5.97 Å². The zero-order valence-corrected chi connectivity index (χ0v) is 18.1. The van der Waals surface area contributed by atoms with Crippen LogP contribution in [0.1, 0.15) is 11.1 Å². The lowest BCUT2D eigenvalue weighted by molar-refractivity contribution is -0.137. The second-order valence-corrected chi connectivity index (χ2v) is 8.11. The molecule has 0 saturated heterocycles. The van der Waals surface area contributed by atoms with Gasteiger partial charge in [-0.15, -0.1) is 0 Å². The Bertz CT molecular complexity index is 1420. The van der Waals surface area contributed by atoms with Crippen LogP contribution in [0.3, 0.4) is 0 Å². The molecule has 0 atom stereocenters. The molecular weight excluding hydrogens is 406 g/mol. The predicted octanol–water partition coefficient (Wildman–Crippen LogP) is 3.04. The molecule has 0 fully saturated rings. The Hall–Kier alpha value is -3.91. The van der Waals surface area contributed by atoms with Crippen LogP contribution in [0.15, 0.2) is 59.7 Å². The number of hydrogen-bond acceptors (Lipinski definition) is 5. The highest BCUT2D eigenvalue weighted by Gasteiger charge is 2.24. The summed E-state index contributed by atoms with van der Waals surface area (Å²) in [7, 11) is 4.05. The smallest absolute Gasteiger partial charge is 0.334 e. The maximum Gasteiger partial charge on any atom is 0.334 e. The van der Waals surface area contributed by atoms with Gasteiger partial charge in [0.15, 0.2) is 0 Å². The van der Waals surface area contributed by atoms with E-state index in [0.717, 1.165) is 34.4 Å². The van der Waals surface area contributed by atoms with Crippen LogP contribution in [-0.2, 0) is 17.9 Å². The Morgan fingerprint density at radius 2 is 1.84 bits per heavy atom. The number of imidazole rings is 1. The molecule has 4 aromatic rings. The topological polar surface area (TPSA) is 83.6 Å². The van der Waals surface area contributed by atoms with Gasteiger partial charge in [-0.2, -0.15) is 0 Å². The van der Waals surface area contributed by atoms with Gasteiger partial charge in [0.2, 0.25) is 0 Å². The number of carbonyl (C=O) groups is 1. The van der Waals surface area contributed by atoms with E-state index in [1.807, 2.05) is 69.8 Å². The van der Waals surface area contributed by atoms with Crippen LogP contribution in [0.5, 0.6) is 0 Å². The summed E-state index contributed by atoms with van der Waals surface area (Å²) in [5, 5.41) is 13.5. The van der Waals surface area contributed by atoms with Crippen molar-refractivity contribution in [3.05, 3.63) is 76.5 Å². The van der Waals surface area contributed by atoms with Gasteiger partial charge in [-0.3, -0.25) is 18.9 Å². The van der Waals surface area contributed by atoms with E-state index in [1.54, 1.807) is 10.6 Å². The summed E-state index contributed by atoms with van der Waals surface area (Å²) in [6.45, 7) is 2.34. The number of aryl methyl sites for hydroxylation is 1. The molecule has 0 aliphatic carbocycles. The van der Waals surface area contributed by atoms with Gasteiger partial charge in [-0.25, -0.2) is 9.80 Å². The van der Waals surface area contributed by atoms with Crippen molar-refractivity contribution in [1.82, 2.24) is 19.1 Å². The zero-order valence-electron chi connectivity index (χ0n) is 18.1. The third-order valence-corrected chi connectivity index (χ3v) is 6.17. The molecule has 1 N–H and O–H groups in total. The van der Waals surface area contributed by atoms with Gasteiger partial charge >= 0.3 is 11.7 Å². The number of aromatic nitrogens is 3. The number of anilines is 1. The normalized spacial score (nSPS) is 13.7. The average molecular weight is 429 g/mol. The number of carboxylic acids is 1. The minimum Gasteiger partial charge on any atom is -0.480 e. The first-order chi connectivity index (χ1) is 15.4. The lowest BCUT2D eigenvalue weighted by atomic mass is 10.0. The van der Waals surface area contributed by atoms with Crippen molar-refractivity contribution in [3.8, 4) is 16.8 Å². The molecule has 2 aromatic heterocycles. The fourth-order valence-corrected chi connectivity index (χ4v) is 4.48. The fraction of sp³-hybridized carbons (Fsp3) is 0.208. The number of benzene rings is 2. The van der Waals surface area contributed by atoms with Gasteiger partial charge in [-0.1, -0.05) is 24.3 Å². The highest BCUT2D eigenvalue weighted by atomic mass is 16.4. The maximum absolute atomic E-state index is 13.2. The molecule has 162 valence electrons. The Morgan fingerprint density at radius 1 is 1.09 bits per heavy atom. The zero-order chi connectivity index (χ0) is 22.6. The van der Waals surface area contributed by atoms with Crippen molar-refractivity contribution >= 4 is 22.7 Å². The van der Waals surface area contributed by atoms with E-state index in [1.165, 1.54) is 10.1 Å². The molecule has 1 aliphatic rings. The van der Waals surface area contributed by atoms with Crippen molar-refractivity contribution in [2.75, 3.05) is 19.1 Å². The molecule has 8 nitrogen and oxygen atoms in total. The molecule has 32 heavy (non-hydrogen) atoms. The van der Waals surface area contributed by atoms with E-state index in [0.29, 0.717) is 11.2 Å². The van der Waals surface area contributed by atoms with Gasteiger partial charge in [0, 0.05) is 38.0 Å². The lowest BCUT2D eigenvalue weighted by Gasteiger charge is -2.20. The van der Waals surface area contributed by atoms with Crippen molar-refractivity contribution in [3.63, 3.8) is 0 Å². The summed E-state index contributed by atoms with van der Waals surface area (Å²) in [6.07, 6.45) is 3.74. The van der Waals surface area contributed by atoms with Gasteiger partial charge in [0.05, 0.1) is 28.6 Å². The Balaban J connectivity index is 1.63. The Kier molecular flexibility index (Phi) is 4.60. The summed E-state index contributed by atoms with van der Waals surface area (Å²) in [5.41, 5.74) is 6.93. The largest absolute Gasteiger partial charge is 0.480 e. The van der Waals surface area contributed by atoms with Crippen LogP contribution in [0.4, 0.5) is 5.69 Å². The number of aliphatic carboxylic acids is 1. The summed E-state index contributed by atoms with van der Waals surface area (Å²) >= 11 is 0. The first-order valence-corrected chi connectivity index (χ1v) is 10.3. The molecule has 0 radical (unpaired) electrons. The van der Waals surface area contributed by atoms with Crippen molar-refractivity contribution in [2.24, 2.45) is 0 Å². The van der Waals surface area contributed by atoms with Crippen LogP contribution in [0, 0.1) is 6.92 Å². The third kappa shape index (κ3) is 2.99. The second-order valence-electron chi connectivity index (χ2n) is 8.11. The fourth-order valence-electron chi connectivity index (χ4n) is 4.48. The molecule has 0 unspecified atom stereocenters. The number of nitrogens with zero attached hydrogens (tertiary/aromatic N) is 5. The molecule has 0 amide bonds. The standard InChI is InChI=1S/C24H23N5O3/c1-15-5-4-6-20-23(15)29(24(32)28(20)14-22(30)31)17-9-7-16(8-10-17)18-11-25-12-21-19(18)13-26(2)27(21)3/h4-12H,13-14H2,1-3H3,(H,30,31). The maximum atomic E-state index is 13.2. The Labute approximate surface area is 184 Å². The monoisotopic (exact) mass is 429 g/mol. The quantitative estimate of drug-likeness (QED) is 0.537. The number of fused-ring (bicyclic) bond motifs is 2. The third-order valence-electron chi connectivity index (χ3n) is 6.17. The van der Waals surface area contributed by atoms with Crippen LogP contribution in [0.25, 0.3) is 27.8 Å². The van der Waals surface area contributed by atoms with E-state index in [-0.39, 0.29) is 12.2 Å².